The lowest BCUT2D eigenvalue weighted by molar-refractivity contribution is -0.889. The van der Waals surface area contributed by atoms with Crippen LogP contribution < -0.4 is 5.11 Å². The number of unbranched alkanes of at least 4 members (excludes halogenated alkanes) is 12. The van der Waals surface area contributed by atoms with Gasteiger partial charge >= 0.3 is 11.9 Å². The summed E-state index contributed by atoms with van der Waals surface area (Å²) in [5.41, 5.74) is 0. The monoisotopic (exact) mass is 704 g/mol. The second-order valence-corrected chi connectivity index (χ2v) is 14.2. The van der Waals surface area contributed by atoms with Crippen LogP contribution in [0.1, 0.15) is 149 Å². The highest BCUT2D eigenvalue weighted by Gasteiger charge is 2.25. The van der Waals surface area contributed by atoms with Gasteiger partial charge in [0, 0.05) is 19.3 Å². The molecule has 2 unspecified atom stereocenters. The molecule has 0 aromatic carbocycles. The van der Waals surface area contributed by atoms with Gasteiger partial charge in [-0.25, -0.2) is 0 Å². The Morgan fingerprint density at radius 1 is 0.600 bits per heavy atom. The van der Waals surface area contributed by atoms with Crippen molar-refractivity contribution in [3.63, 3.8) is 0 Å². The molecular formula is C42H73NO7. The van der Waals surface area contributed by atoms with Crippen LogP contribution in [0.25, 0.3) is 0 Å². The first-order chi connectivity index (χ1) is 24.1. The van der Waals surface area contributed by atoms with Crippen molar-refractivity contribution >= 4 is 17.9 Å². The summed E-state index contributed by atoms with van der Waals surface area (Å²) in [7, 11) is 5.37. The topological polar surface area (TPSA) is 102 Å². The molecule has 0 rings (SSSR count). The van der Waals surface area contributed by atoms with E-state index in [-0.39, 0.29) is 55.5 Å². The molecule has 0 aromatic heterocycles. The van der Waals surface area contributed by atoms with E-state index in [1.807, 2.05) is 0 Å². The number of carbonyl (C=O) groups is 3. The highest BCUT2D eigenvalue weighted by Crippen LogP contribution is 2.11. The number of hydrogen-bond donors (Lipinski definition) is 0. The quantitative estimate of drug-likeness (QED) is 0.0286. The molecule has 0 heterocycles. The molecule has 50 heavy (non-hydrogen) atoms. The third-order valence-electron chi connectivity index (χ3n) is 8.44. The van der Waals surface area contributed by atoms with Gasteiger partial charge in [0.2, 0.25) is 0 Å². The molecule has 0 aliphatic carbocycles. The van der Waals surface area contributed by atoms with Crippen molar-refractivity contribution in [2.24, 2.45) is 0 Å². The van der Waals surface area contributed by atoms with Crippen LogP contribution in [-0.4, -0.2) is 75.5 Å². The van der Waals surface area contributed by atoms with Crippen LogP contribution in [-0.2, 0) is 28.6 Å². The fourth-order valence-corrected chi connectivity index (χ4v) is 5.32. The SMILES string of the molecule is CCCCCC/C=C/CCCC(=O)OCC(COCCC(C(=O)[O-])[N+](C)(C)C)OC(=O)CCC/C=C/C/C=C/C/C=C/CCCCCCCC. The Morgan fingerprint density at radius 3 is 1.60 bits per heavy atom. The maximum atomic E-state index is 12.6. The largest absolute Gasteiger partial charge is 0.544 e. The summed E-state index contributed by atoms with van der Waals surface area (Å²) < 4.78 is 17.0. The predicted octanol–water partition coefficient (Wildman–Crippen LogP) is 8.74. The van der Waals surface area contributed by atoms with Crippen LogP contribution in [0.2, 0.25) is 0 Å². The summed E-state index contributed by atoms with van der Waals surface area (Å²) in [5, 5.41) is 11.6. The van der Waals surface area contributed by atoms with E-state index in [1.54, 1.807) is 21.1 Å². The number of ether oxygens (including phenoxy) is 3. The van der Waals surface area contributed by atoms with Crippen molar-refractivity contribution in [3.8, 4) is 0 Å². The number of rotatable bonds is 34. The van der Waals surface area contributed by atoms with E-state index in [9.17, 15) is 19.5 Å². The minimum Gasteiger partial charge on any atom is -0.544 e. The van der Waals surface area contributed by atoms with Gasteiger partial charge in [0.05, 0.1) is 40.3 Å². The van der Waals surface area contributed by atoms with Gasteiger partial charge in [0.1, 0.15) is 12.6 Å². The minimum absolute atomic E-state index is 0.0111. The summed E-state index contributed by atoms with van der Waals surface area (Å²) >= 11 is 0. The lowest BCUT2D eigenvalue weighted by atomic mass is 10.1. The molecule has 0 aliphatic heterocycles. The molecule has 0 amide bonds. The van der Waals surface area contributed by atoms with Crippen LogP contribution in [0.3, 0.4) is 0 Å². The van der Waals surface area contributed by atoms with E-state index in [1.165, 1.54) is 70.6 Å². The lowest BCUT2D eigenvalue weighted by Crippen LogP contribution is -2.55. The smallest absolute Gasteiger partial charge is 0.306 e. The first kappa shape index (κ1) is 47.3. The Kier molecular flexibility index (Phi) is 31.6. The predicted molar refractivity (Wildman–Crippen MR) is 203 cm³/mol. The van der Waals surface area contributed by atoms with E-state index in [0.29, 0.717) is 12.8 Å². The fraction of sp³-hybridized carbons (Fsp3) is 0.738. The number of nitrogens with zero attached hydrogens (tertiary/aromatic N) is 1. The number of allylic oxidation sites excluding steroid dienone is 8. The van der Waals surface area contributed by atoms with Crippen LogP contribution in [0.4, 0.5) is 0 Å². The van der Waals surface area contributed by atoms with Gasteiger partial charge in [-0.2, -0.15) is 0 Å². The number of esters is 2. The second kappa shape index (κ2) is 33.4. The second-order valence-electron chi connectivity index (χ2n) is 14.2. The van der Waals surface area contributed by atoms with Crippen LogP contribution >= 0.6 is 0 Å². The number of likely N-dealkylation sites (N-methyl/N-ethyl adjacent to an activating group) is 1. The molecular weight excluding hydrogens is 630 g/mol. The van der Waals surface area contributed by atoms with Gasteiger partial charge in [-0.15, -0.1) is 0 Å². The molecule has 0 fully saturated rings. The molecule has 0 radical (unpaired) electrons. The zero-order valence-electron chi connectivity index (χ0n) is 32.5. The summed E-state index contributed by atoms with van der Waals surface area (Å²) in [4.78, 5) is 36.6. The lowest BCUT2D eigenvalue weighted by Gasteiger charge is -2.34. The molecule has 2 atom stereocenters. The summed E-state index contributed by atoms with van der Waals surface area (Å²) in [6.45, 7) is 4.51. The molecule has 0 N–H and O–H groups in total. The van der Waals surface area contributed by atoms with Crippen LogP contribution in [0.15, 0.2) is 48.6 Å². The summed E-state index contributed by atoms with van der Waals surface area (Å²) in [5.74, 6) is -1.85. The molecule has 0 aromatic rings. The van der Waals surface area contributed by atoms with Gasteiger partial charge in [-0.1, -0.05) is 114 Å². The molecule has 8 heteroatoms. The highest BCUT2D eigenvalue weighted by molar-refractivity contribution is 5.70. The first-order valence-corrected chi connectivity index (χ1v) is 19.7. The Morgan fingerprint density at radius 2 is 1.06 bits per heavy atom. The molecule has 0 spiro atoms. The van der Waals surface area contributed by atoms with Gasteiger partial charge in [-0.05, 0) is 64.2 Å². The third kappa shape index (κ3) is 31.3. The molecule has 0 bridgehead atoms. The molecule has 0 aliphatic rings. The highest BCUT2D eigenvalue weighted by atomic mass is 16.6. The van der Waals surface area contributed by atoms with Crippen LogP contribution in [0.5, 0.6) is 0 Å². The van der Waals surface area contributed by atoms with Gasteiger partial charge in [0.25, 0.3) is 0 Å². The number of quaternary nitrogens is 1. The maximum absolute atomic E-state index is 12.6. The van der Waals surface area contributed by atoms with Crippen molar-refractivity contribution in [2.45, 2.75) is 161 Å². The Bertz CT molecular complexity index is 964. The number of carboxylic acid groups (broad SMARTS) is 1. The number of carbonyl (C=O) groups excluding carboxylic acids is 3. The normalized spacial score (nSPS) is 13.5. The average molecular weight is 704 g/mol. The Hall–Kier alpha value is -2.71. The van der Waals surface area contributed by atoms with E-state index in [4.69, 9.17) is 14.2 Å². The standard InChI is InChI=1S/C42H73NO7/c1-6-8-10-12-14-16-17-18-19-20-21-22-23-25-27-29-31-33-41(45)50-38(36-48-35-34-39(42(46)47)43(3,4)5)37-49-40(44)32-30-28-26-24-15-13-11-9-7-2/h18-19,21-22,24-27,38-39H,6-17,20,23,28-37H2,1-5H3/b19-18+,22-21+,26-24+,27-25+. The number of aliphatic carboxylic acids is 1. The van der Waals surface area contributed by atoms with Gasteiger partial charge < -0.3 is 28.6 Å². The van der Waals surface area contributed by atoms with Crippen molar-refractivity contribution in [1.29, 1.82) is 0 Å². The average Bonchev–Trinajstić information content (AvgIpc) is 3.06. The Labute approximate surface area is 306 Å². The zero-order chi connectivity index (χ0) is 37.1. The van der Waals surface area contributed by atoms with Gasteiger partial charge in [0.15, 0.2) is 6.10 Å². The van der Waals surface area contributed by atoms with Crippen LogP contribution in [0, 0.1) is 0 Å². The van der Waals surface area contributed by atoms with E-state index in [0.717, 1.165) is 32.1 Å². The zero-order valence-corrected chi connectivity index (χ0v) is 32.5. The number of carboxylic acids is 1. The Balaban J connectivity index is 4.51. The molecule has 288 valence electrons. The van der Waals surface area contributed by atoms with Crippen molar-refractivity contribution in [2.75, 3.05) is 41.0 Å². The van der Waals surface area contributed by atoms with Gasteiger partial charge in [-0.3, -0.25) is 9.59 Å². The van der Waals surface area contributed by atoms with E-state index >= 15 is 0 Å². The van der Waals surface area contributed by atoms with Crippen molar-refractivity contribution in [1.82, 2.24) is 0 Å². The fourth-order valence-electron chi connectivity index (χ4n) is 5.32. The maximum Gasteiger partial charge on any atom is 0.306 e. The first-order valence-electron chi connectivity index (χ1n) is 19.7. The van der Waals surface area contributed by atoms with Crippen molar-refractivity contribution < 1.29 is 38.2 Å². The van der Waals surface area contributed by atoms with E-state index < -0.39 is 18.1 Å². The minimum atomic E-state index is -1.14. The molecule has 0 saturated heterocycles. The third-order valence-corrected chi connectivity index (χ3v) is 8.44. The van der Waals surface area contributed by atoms with Crippen molar-refractivity contribution in [3.05, 3.63) is 48.6 Å². The summed E-state index contributed by atoms with van der Waals surface area (Å²) in [6.07, 6.45) is 37.3. The number of hydrogen-bond acceptors (Lipinski definition) is 7. The summed E-state index contributed by atoms with van der Waals surface area (Å²) in [6, 6.07) is -0.737. The van der Waals surface area contributed by atoms with E-state index in [2.05, 4.69) is 62.5 Å². The molecule has 8 nitrogen and oxygen atoms in total. The molecule has 0 saturated carbocycles.